The first-order valence-corrected chi connectivity index (χ1v) is 7.96. The monoisotopic (exact) mass is 366 g/mol. The molecule has 0 saturated carbocycles. The number of halogens is 2. The molecular formula is C18H16Cl2O4. The van der Waals surface area contributed by atoms with Crippen LogP contribution < -0.4 is 4.74 Å². The molecule has 0 atom stereocenters. The zero-order valence-corrected chi connectivity index (χ0v) is 14.8. The zero-order chi connectivity index (χ0) is 17.7. The first-order chi connectivity index (χ1) is 11.4. The molecule has 0 bridgehead atoms. The minimum Gasteiger partial charge on any atom is -0.482 e. The average molecular weight is 367 g/mol. The van der Waals surface area contributed by atoms with E-state index in [9.17, 15) is 9.59 Å². The standard InChI is InChI=1S/C18H16Cl2O4/c1-11-3-5-14(7-12(11)2)23-10-18(22)24-9-17(21)13-4-6-15(19)16(20)8-13/h3-8H,9-10H2,1-2H3. The maximum Gasteiger partial charge on any atom is 0.344 e. The number of carbonyl (C=O) groups excluding carboxylic acids is 2. The maximum atomic E-state index is 11.9. The van der Waals surface area contributed by atoms with Crippen molar-refractivity contribution in [3.63, 3.8) is 0 Å². The summed E-state index contributed by atoms with van der Waals surface area (Å²) in [5.74, 6) is -0.416. The van der Waals surface area contributed by atoms with Crippen LogP contribution in [0.15, 0.2) is 36.4 Å². The van der Waals surface area contributed by atoms with Crippen molar-refractivity contribution >= 4 is 35.0 Å². The van der Waals surface area contributed by atoms with Crippen molar-refractivity contribution in [3.05, 3.63) is 63.1 Å². The van der Waals surface area contributed by atoms with E-state index < -0.39 is 5.97 Å². The lowest BCUT2D eigenvalue weighted by Gasteiger charge is -2.08. The smallest absolute Gasteiger partial charge is 0.344 e. The van der Waals surface area contributed by atoms with Gasteiger partial charge in [0, 0.05) is 5.56 Å². The highest BCUT2D eigenvalue weighted by molar-refractivity contribution is 6.42. The summed E-state index contributed by atoms with van der Waals surface area (Å²) in [5, 5.41) is 0.624. The Balaban J connectivity index is 1.83. The molecule has 0 aliphatic heterocycles. The molecule has 0 amide bonds. The van der Waals surface area contributed by atoms with Crippen molar-refractivity contribution in [1.29, 1.82) is 0 Å². The number of carbonyl (C=O) groups is 2. The molecule has 2 rings (SSSR count). The minimum absolute atomic E-state index is 0.267. The Hall–Kier alpha value is -2.04. The summed E-state index contributed by atoms with van der Waals surface area (Å²) in [7, 11) is 0. The number of esters is 1. The number of benzene rings is 2. The van der Waals surface area contributed by atoms with E-state index in [1.54, 1.807) is 6.07 Å². The van der Waals surface area contributed by atoms with E-state index in [1.807, 2.05) is 26.0 Å². The molecule has 0 radical (unpaired) electrons. The van der Waals surface area contributed by atoms with Gasteiger partial charge in [-0.15, -0.1) is 0 Å². The van der Waals surface area contributed by atoms with Crippen LogP contribution in [0.3, 0.4) is 0 Å². The van der Waals surface area contributed by atoms with Crippen LogP contribution in [0.25, 0.3) is 0 Å². The molecular weight excluding hydrogens is 351 g/mol. The lowest BCUT2D eigenvalue weighted by atomic mass is 10.1. The Morgan fingerprint density at radius 3 is 2.33 bits per heavy atom. The van der Waals surface area contributed by atoms with Crippen LogP contribution in [0.2, 0.25) is 10.0 Å². The Bertz CT molecular complexity index is 772. The number of hydrogen-bond donors (Lipinski definition) is 0. The zero-order valence-electron chi connectivity index (χ0n) is 13.3. The highest BCUT2D eigenvalue weighted by Crippen LogP contribution is 2.22. The van der Waals surface area contributed by atoms with Gasteiger partial charge in [0.25, 0.3) is 0 Å². The molecule has 6 heteroatoms. The average Bonchev–Trinajstić information content (AvgIpc) is 2.56. The van der Waals surface area contributed by atoms with Crippen LogP contribution in [0.5, 0.6) is 5.75 Å². The quantitative estimate of drug-likeness (QED) is 0.560. The van der Waals surface area contributed by atoms with Gasteiger partial charge in [0.05, 0.1) is 10.0 Å². The minimum atomic E-state index is -0.623. The second-order valence-electron chi connectivity index (χ2n) is 5.25. The summed E-state index contributed by atoms with van der Waals surface area (Å²) >= 11 is 11.6. The number of aryl methyl sites for hydroxylation is 2. The van der Waals surface area contributed by atoms with Crippen molar-refractivity contribution in [2.45, 2.75) is 13.8 Å². The normalized spacial score (nSPS) is 10.3. The highest BCUT2D eigenvalue weighted by Gasteiger charge is 2.12. The number of rotatable bonds is 6. The van der Waals surface area contributed by atoms with Crippen molar-refractivity contribution in [3.8, 4) is 5.75 Å². The van der Waals surface area contributed by atoms with E-state index >= 15 is 0 Å². The summed E-state index contributed by atoms with van der Waals surface area (Å²) in [4.78, 5) is 23.6. The molecule has 0 fully saturated rings. The summed E-state index contributed by atoms with van der Waals surface area (Å²) < 4.78 is 10.3. The molecule has 4 nitrogen and oxygen atoms in total. The predicted molar refractivity (Wildman–Crippen MR) is 93.2 cm³/mol. The SMILES string of the molecule is Cc1ccc(OCC(=O)OCC(=O)c2ccc(Cl)c(Cl)c2)cc1C. The first kappa shape index (κ1) is 18.3. The molecule has 0 aromatic heterocycles. The van der Waals surface area contributed by atoms with E-state index in [2.05, 4.69) is 0 Å². The van der Waals surface area contributed by atoms with Crippen LogP contribution in [0.4, 0.5) is 0 Å². The van der Waals surface area contributed by atoms with Gasteiger partial charge >= 0.3 is 5.97 Å². The molecule has 2 aromatic carbocycles. The third-order valence-electron chi connectivity index (χ3n) is 3.44. The molecule has 0 heterocycles. The third kappa shape index (κ3) is 4.98. The van der Waals surface area contributed by atoms with E-state index in [1.165, 1.54) is 18.2 Å². The van der Waals surface area contributed by atoms with Crippen LogP contribution in [-0.4, -0.2) is 25.0 Å². The first-order valence-electron chi connectivity index (χ1n) is 7.20. The van der Waals surface area contributed by atoms with Gasteiger partial charge in [0.15, 0.2) is 19.0 Å². The lowest BCUT2D eigenvalue weighted by molar-refractivity contribution is -0.144. The Morgan fingerprint density at radius 2 is 1.67 bits per heavy atom. The number of hydrogen-bond acceptors (Lipinski definition) is 4. The van der Waals surface area contributed by atoms with Gasteiger partial charge in [0.1, 0.15) is 5.75 Å². The van der Waals surface area contributed by atoms with E-state index in [-0.39, 0.29) is 24.0 Å². The van der Waals surface area contributed by atoms with Crippen LogP contribution in [0, 0.1) is 13.8 Å². The largest absolute Gasteiger partial charge is 0.482 e. The molecule has 126 valence electrons. The van der Waals surface area contributed by atoms with Crippen LogP contribution in [0.1, 0.15) is 21.5 Å². The number of Topliss-reactive ketones (excluding diaryl/α,β-unsaturated/α-hetero) is 1. The van der Waals surface area contributed by atoms with Gasteiger partial charge in [-0.3, -0.25) is 4.79 Å². The fraction of sp³-hybridized carbons (Fsp3) is 0.222. The van der Waals surface area contributed by atoms with Gasteiger partial charge in [0.2, 0.25) is 0 Å². The molecule has 0 spiro atoms. The van der Waals surface area contributed by atoms with Gasteiger partial charge in [-0.25, -0.2) is 4.79 Å². The topological polar surface area (TPSA) is 52.6 Å². The Morgan fingerprint density at radius 1 is 0.917 bits per heavy atom. The van der Waals surface area contributed by atoms with Gasteiger partial charge < -0.3 is 9.47 Å². The summed E-state index contributed by atoms with van der Waals surface area (Å²) in [6.45, 7) is 3.29. The fourth-order valence-corrected chi connectivity index (χ4v) is 2.18. The molecule has 0 aliphatic carbocycles. The second-order valence-corrected chi connectivity index (χ2v) is 6.06. The fourth-order valence-electron chi connectivity index (χ4n) is 1.89. The van der Waals surface area contributed by atoms with Crippen molar-refractivity contribution in [2.75, 3.05) is 13.2 Å². The molecule has 2 aromatic rings. The summed E-state index contributed by atoms with van der Waals surface area (Å²) in [6, 6.07) is 9.99. The molecule has 0 saturated heterocycles. The van der Waals surface area contributed by atoms with Crippen molar-refractivity contribution in [1.82, 2.24) is 0 Å². The van der Waals surface area contributed by atoms with Gasteiger partial charge in [-0.1, -0.05) is 29.3 Å². The summed E-state index contributed by atoms with van der Waals surface area (Å²) in [6.07, 6.45) is 0. The summed E-state index contributed by atoms with van der Waals surface area (Å²) in [5.41, 5.74) is 2.53. The van der Waals surface area contributed by atoms with E-state index in [0.717, 1.165) is 11.1 Å². The second kappa shape index (κ2) is 8.18. The van der Waals surface area contributed by atoms with Gasteiger partial charge in [-0.05, 0) is 55.3 Å². The molecule has 24 heavy (non-hydrogen) atoms. The van der Waals surface area contributed by atoms with Gasteiger partial charge in [-0.2, -0.15) is 0 Å². The van der Waals surface area contributed by atoms with Crippen LogP contribution in [-0.2, 0) is 9.53 Å². The maximum absolute atomic E-state index is 11.9. The lowest BCUT2D eigenvalue weighted by Crippen LogP contribution is -2.19. The Kier molecular flexibility index (Phi) is 6.23. The number of ether oxygens (including phenoxy) is 2. The Labute approximate surface area is 150 Å². The van der Waals surface area contributed by atoms with E-state index in [4.69, 9.17) is 32.7 Å². The third-order valence-corrected chi connectivity index (χ3v) is 4.18. The highest BCUT2D eigenvalue weighted by atomic mass is 35.5. The van der Waals surface area contributed by atoms with Crippen molar-refractivity contribution < 1.29 is 19.1 Å². The molecule has 0 N–H and O–H groups in total. The van der Waals surface area contributed by atoms with E-state index in [0.29, 0.717) is 16.3 Å². The molecule has 0 aliphatic rings. The van der Waals surface area contributed by atoms with Crippen LogP contribution >= 0.6 is 23.2 Å². The van der Waals surface area contributed by atoms with Crippen molar-refractivity contribution in [2.24, 2.45) is 0 Å². The molecule has 0 unspecified atom stereocenters. The number of ketones is 1. The predicted octanol–water partition coefficient (Wildman–Crippen LogP) is 4.42.